The van der Waals surface area contributed by atoms with E-state index >= 15 is 0 Å². The van der Waals surface area contributed by atoms with Crippen LogP contribution in [0, 0.1) is 11.8 Å². The van der Waals surface area contributed by atoms with E-state index in [1.807, 2.05) is 20.9 Å². The van der Waals surface area contributed by atoms with Crippen LogP contribution in [-0.2, 0) is 0 Å². The Labute approximate surface area is 104 Å². The van der Waals surface area contributed by atoms with Crippen LogP contribution in [0.2, 0.25) is 0 Å². The predicted octanol–water partition coefficient (Wildman–Crippen LogP) is 1.38. The normalized spacial score (nSPS) is 31.6. The number of carbonyl (C=O) groups is 1. The third-order valence-corrected chi connectivity index (χ3v) is 4.40. The number of fused-ring (bicyclic) bond motifs is 3. The number of nitrogens with zero attached hydrogens (tertiary/aromatic N) is 2. The van der Waals surface area contributed by atoms with Gasteiger partial charge >= 0.3 is 6.03 Å². The first-order chi connectivity index (χ1) is 8.08. The molecule has 2 amide bonds. The topological polar surface area (TPSA) is 35.6 Å². The second kappa shape index (κ2) is 5.25. The predicted molar refractivity (Wildman–Crippen MR) is 69.0 cm³/mol. The lowest BCUT2D eigenvalue weighted by Gasteiger charge is -2.45. The second-order valence-electron chi connectivity index (χ2n) is 5.79. The SMILES string of the molecule is CC(C)N(C)C(=O)NCC1CN2CCC1CC2. The van der Waals surface area contributed by atoms with E-state index in [0.29, 0.717) is 5.92 Å². The van der Waals surface area contributed by atoms with Crippen LogP contribution in [0.4, 0.5) is 4.79 Å². The van der Waals surface area contributed by atoms with Gasteiger partial charge in [-0.3, -0.25) is 0 Å². The molecule has 3 rings (SSSR count). The van der Waals surface area contributed by atoms with Crippen molar-refractivity contribution in [3.05, 3.63) is 0 Å². The molecule has 4 nitrogen and oxygen atoms in total. The van der Waals surface area contributed by atoms with Gasteiger partial charge in [-0.1, -0.05) is 0 Å². The van der Waals surface area contributed by atoms with Gasteiger partial charge < -0.3 is 15.1 Å². The van der Waals surface area contributed by atoms with Crippen molar-refractivity contribution in [1.82, 2.24) is 15.1 Å². The smallest absolute Gasteiger partial charge is 0.317 e. The van der Waals surface area contributed by atoms with Crippen molar-refractivity contribution in [3.8, 4) is 0 Å². The Bertz CT molecular complexity index is 272. The van der Waals surface area contributed by atoms with Crippen molar-refractivity contribution in [2.45, 2.75) is 32.7 Å². The Kier molecular flexibility index (Phi) is 3.92. The van der Waals surface area contributed by atoms with E-state index in [1.54, 1.807) is 4.90 Å². The molecule has 0 saturated carbocycles. The van der Waals surface area contributed by atoms with Gasteiger partial charge in [0.25, 0.3) is 0 Å². The molecule has 1 N–H and O–H groups in total. The zero-order valence-electron chi connectivity index (χ0n) is 11.3. The molecule has 3 aliphatic rings. The minimum atomic E-state index is 0.0662. The molecule has 0 aromatic carbocycles. The fourth-order valence-corrected chi connectivity index (χ4v) is 2.90. The van der Waals surface area contributed by atoms with Crippen molar-refractivity contribution in [3.63, 3.8) is 0 Å². The van der Waals surface area contributed by atoms with Crippen LogP contribution >= 0.6 is 0 Å². The number of hydrogen-bond acceptors (Lipinski definition) is 2. The molecule has 0 spiro atoms. The Morgan fingerprint density at radius 2 is 2.06 bits per heavy atom. The first-order valence-corrected chi connectivity index (χ1v) is 6.81. The van der Waals surface area contributed by atoms with E-state index in [1.165, 1.54) is 32.5 Å². The monoisotopic (exact) mass is 239 g/mol. The van der Waals surface area contributed by atoms with Crippen molar-refractivity contribution < 1.29 is 4.79 Å². The van der Waals surface area contributed by atoms with E-state index in [0.717, 1.165) is 12.5 Å². The van der Waals surface area contributed by atoms with Crippen LogP contribution in [0.5, 0.6) is 0 Å². The van der Waals surface area contributed by atoms with Crippen LogP contribution in [-0.4, -0.2) is 55.1 Å². The lowest BCUT2D eigenvalue weighted by molar-refractivity contribution is 0.0515. The molecule has 4 heteroatoms. The zero-order valence-corrected chi connectivity index (χ0v) is 11.3. The molecule has 17 heavy (non-hydrogen) atoms. The highest BCUT2D eigenvalue weighted by Crippen LogP contribution is 2.31. The first kappa shape index (κ1) is 12.7. The van der Waals surface area contributed by atoms with Crippen LogP contribution in [0.15, 0.2) is 0 Å². The summed E-state index contributed by atoms with van der Waals surface area (Å²) in [6, 6.07) is 0.331. The molecule has 0 aromatic heterocycles. The van der Waals surface area contributed by atoms with Crippen LogP contribution in [0.3, 0.4) is 0 Å². The van der Waals surface area contributed by atoms with Gasteiger partial charge in [0, 0.05) is 26.2 Å². The molecule has 1 atom stereocenters. The first-order valence-electron chi connectivity index (χ1n) is 6.81. The second-order valence-corrected chi connectivity index (χ2v) is 5.79. The number of rotatable bonds is 3. The maximum atomic E-state index is 11.8. The highest BCUT2D eigenvalue weighted by Gasteiger charge is 2.34. The Morgan fingerprint density at radius 3 is 2.53 bits per heavy atom. The summed E-state index contributed by atoms with van der Waals surface area (Å²) in [7, 11) is 1.86. The summed E-state index contributed by atoms with van der Waals surface area (Å²) >= 11 is 0. The van der Waals surface area contributed by atoms with Crippen LogP contribution < -0.4 is 5.32 Å². The van der Waals surface area contributed by atoms with Crippen LogP contribution in [0.25, 0.3) is 0 Å². The van der Waals surface area contributed by atoms with E-state index < -0.39 is 0 Å². The standard InChI is InChI=1S/C13H25N3O/c1-10(2)15(3)13(17)14-8-12-9-16-6-4-11(12)5-7-16/h10-12H,4-9H2,1-3H3,(H,14,17). The van der Waals surface area contributed by atoms with Gasteiger partial charge in [0.15, 0.2) is 0 Å². The summed E-state index contributed by atoms with van der Waals surface area (Å²) in [6.45, 7) is 8.62. The van der Waals surface area contributed by atoms with E-state index in [4.69, 9.17) is 0 Å². The maximum absolute atomic E-state index is 11.8. The van der Waals surface area contributed by atoms with Crippen molar-refractivity contribution in [1.29, 1.82) is 0 Å². The van der Waals surface area contributed by atoms with Crippen LogP contribution in [0.1, 0.15) is 26.7 Å². The highest BCUT2D eigenvalue weighted by molar-refractivity contribution is 5.74. The van der Waals surface area contributed by atoms with Gasteiger partial charge in [-0.05, 0) is 51.6 Å². The van der Waals surface area contributed by atoms with Gasteiger partial charge in [-0.2, -0.15) is 0 Å². The molecular formula is C13H25N3O. The molecule has 2 bridgehead atoms. The molecule has 98 valence electrons. The zero-order chi connectivity index (χ0) is 12.4. The maximum Gasteiger partial charge on any atom is 0.317 e. The average Bonchev–Trinajstić information content (AvgIpc) is 2.36. The third-order valence-electron chi connectivity index (χ3n) is 4.40. The molecule has 0 aliphatic carbocycles. The van der Waals surface area contributed by atoms with E-state index in [2.05, 4.69) is 10.2 Å². The molecule has 1 unspecified atom stereocenters. The summed E-state index contributed by atoms with van der Waals surface area (Å²) in [5.41, 5.74) is 0. The summed E-state index contributed by atoms with van der Waals surface area (Å²) in [6.07, 6.45) is 2.64. The number of amides is 2. The highest BCUT2D eigenvalue weighted by atomic mass is 16.2. The molecule has 0 aromatic rings. The molecule has 3 saturated heterocycles. The number of hydrogen-bond donors (Lipinski definition) is 1. The van der Waals surface area contributed by atoms with Crippen molar-refractivity contribution >= 4 is 6.03 Å². The Morgan fingerprint density at radius 1 is 1.41 bits per heavy atom. The number of piperidine rings is 3. The van der Waals surface area contributed by atoms with E-state index in [9.17, 15) is 4.79 Å². The third kappa shape index (κ3) is 2.92. The molecule has 3 fully saturated rings. The Balaban J connectivity index is 1.77. The van der Waals surface area contributed by atoms with Crippen molar-refractivity contribution in [2.75, 3.05) is 33.2 Å². The average molecular weight is 239 g/mol. The summed E-state index contributed by atoms with van der Waals surface area (Å²) in [4.78, 5) is 16.1. The quantitative estimate of drug-likeness (QED) is 0.807. The number of nitrogens with one attached hydrogen (secondary N) is 1. The lowest BCUT2D eigenvalue weighted by atomic mass is 9.79. The van der Waals surface area contributed by atoms with Gasteiger partial charge in [-0.25, -0.2) is 4.79 Å². The molecule has 0 radical (unpaired) electrons. The number of carbonyl (C=O) groups excluding carboxylic acids is 1. The summed E-state index contributed by atoms with van der Waals surface area (Å²) in [5, 5.41) is 3.08. The minimum absolute atomic E-state index is 0.0662. The Hall–Kier alpha value is -0.770. The van der Waals surface area contributed by atoms with E-state index in [-0.39, 0.29) is 12.1 Å². The van der Waals surface area contributed by atoms with Gasteiger partial charge in [0.05, 0.1) is 0 Å². The molecule has 3 heterocycles. The summed E-state index contributed by atoms with van der Waals surface area (Å²) in [5.74, 6) is 1.51. The largest absolute Gasteiger partial charge is 0.338 e. The lowest BCUT2D eigenvalue weighted by Crippen LogP contribution is -2.52. The fraction of sp³-hybridized carbons (Fsp3) is 0.923. The minimum Gasteiger partial charge on any atom is -0.338 e. The summed E-state index contributed by atoms with van der Waals surface area (Å²) < 4.78 is 0. The van der Waals surface area contributed by atoms with Gasteiger partial charge in [0.2, 0.25) is 0 Å². The van der Waals surface area contributed by atoms with Crippen molar-refractivity contribution in [2.24, 2.45) is 11.8 Å². The molecule has 3 aliphatic heterocycles. The van der Waals surface area contributed by atoms with Gasteiger partial charge in [-0.15, -0.1) is 0 Å². The fourth-order valence-electron chi connectivity index (χ4n) is 2.90. The van der Waals surface area contributed by atoms with Gasteiger partial charge in [0.1, 0.15) is 0 Å². The molecular weight excluding hydrogens is 214 g/mol. The number of urea groups is 1.